The standard InChI is InChI=1S/C14H31N.C11H12O2.C4H2O3/c1-2-3-4-5-6-7-8-9-10-11-12-13-14-15;1-9(2)11(12)13-8-10-6-4-3-5-7-10;5-3-1-2-4(6)7-3/h2-15H2,1H3;3-7H,1,8H2,2H3;1-2H. The SMILES string of the molecule is C=C(C)C(=O)OCc1ccccc1.CCCCCCCCCCCCCCN.O=C1C=CC(=O)O1. The van der Waals surface area contributed by atoms with Gasteiger partial charge in [-0.3, -0.25) is 0 Å². The zero-order valence-electron chi connectivity index (χ0n) is 21.8. The number of esters is 3. The van der Waals surface area contributed by atoms with Crippen LogP contribution in [0.3, 0.4) is 0 Å². The molecule has 0 aliphatic carbocycles. The first kappa shape index (κ1) is 32.3. The Morgan fingerprint density at radius 2 is 1.29 bits per heavy atom. The summed E-state index contributed by atoms with van der Waals surface area (Å²) in [6.45, 7) is 8.59. The summed E-state index contributed by atoms with van der Waals surface area (Å²) in [6.07, 6.45) is 19.1. The summed E-state index contributed by atoms with van der Waals surface area (Å²) in [6, 6.07) is 9.55. The van der Waals surface area contributed by atoms with Gasteiger partial charge >= 0.3 is 17.9 Å². The van der Waals surface area contributed by atoms with Gasteiger partial charge in [0.25, 0.3) is 0 Å². The lowest BCUT2D eigenvalue weighted by atomic mass is 10.1. The monoisotopic (exact) mass is 487 g/mol. The Hall–Kier alpha value is -2.73. The van der Waals surface area contributed by atoms with Crippen LogP contribution in [-0.4, -0.2) is 24.5 Å². The molecule has 0 saturated carbocycles. The molecule has 0 unspecified atom stereocenters. The van der Waals surface area contributed by atoms with E-state index in [0.717, 1.165) is 24.3 Å². The molecule has 35 heavy (non-hydrogen) atoms. The number of cyclic esters (lactones) is 2. The van der Waals surface area contributed by atoms with Gasteiger partial charge in [-0.15, -0.1) is 0 Å². The lowest BCUT2D eigenvalue weighted by Crippen LogP contribution is -2.04. The van der Waals surface area contributed by atoms with E-state index in [9.17, 15) is 14.4 Å². The molecule has 0 amide bonds. The van der Waals surface area contributed by atoms with E-state index in [0.29, 0.717) is 12.2 Å². The second kappa shape index (κ2) is 23.0. The third kappa shape index (κ3) is 21.5. The summed E-state index contributed by atoms with van der Waals surface area (Å²) >= 11 is 0. The summed E-state index contributed by atoms with van der Waals surface area (Å²) in [5, 5.41) is 0. The molecule has 196 valence electrons. The van der Waals surface area contributed by atoms with Crippen LogP contribution >= 0.6 is 0 Å². The minimum atomic E-state index is -0.579. The quantitative estimate of drug-likeness (QED) is 0.130. The van der Waals surface area contributed by atoms with Crippen LogP contribution in [0.1, 0.15) is 96.5 Å². The van der Waals surface area contributed by atoms with Crippen molar-refractivity contribution in [3.8, 4) is 0 Å². The molecule has 2 rings (SSSR count). The topological polar surface area (TPSA) is 95.7 Å². The van der Waals surface area contributed by atoms with Crippen molar-refractivity contribution in [3.05, 3.63) is 60.2 Å². The molecular weight excluding hydrogens is 442 g/mol. The van der Waals surface area contributed by atoms with E-state index in [1.807, 2.05) is 30.3 Å². The molecule has 1 aromatic carbocycles. The number of ether oxygens (including phenoxy) is 2. The average molecular weight is 488 g/mol. The van der Waals surface area contributed by atoms with Crippen LogP contribution in [0.2, 0.25) is 0 Å². The number of benzene rings is 1. The summed E-state index contributed by atoms with van der Waals surface area (Å²) in [5.74, 6) is -1.50. The van der Waals surface area contributed by atoms with Crippen molar-refractivity contribution >= 4 is 17.9 Å². The summed E-state index contributed by atoms with van der Waals surface area (Å²) in [7, 11) is 0. The molecule has 2 N–H and O–H groups in total. The number of carbonyl (C=O) groups excluding carboxylic acids is 3. The molecule has 0 fully saturated rings. The molecule has 1 aromatic rings. The molecule has 0 spiro atoms. The van der Waals surface area contributed by atoms with Crippen LogP contribution in [0.4, 0.5) is 0 Å². The third-order valence-corrected chi connectivity index (χ3v) is 5.18. The molecule has 6 nitrogen and oxygen atoms in total. The van der Waals surface area contributed by atoms with Gasteiger partial charge in [-0.2, -0.15) is 0 Å². The minimum absolute atomic E-state index is 0.312. The Morgan fingerprint density at radius 1 is 0.829 bits per heavy atom. The highest BCUT2D eigenvalue weighted by Crippen LogP contribution is 2.11. The van der Waals surface area contributed by atoms with Gasteiger partial charge in [-0.1, -0.05) is 114 Å². The van der Waals surface area contributed by atoms with Crippen LogP contribution < -0.4 is 5.73 Å². The molecular formula is C29H45NO5. The number of carbonyl (C=O) groups is 3. The fourth-order valence-electron chi connectivity index (χ4n) is 3.13. The van der Waals surface area contributed by atoms with Crippen molar-refractivity contribution < 1.29 is 23.9 Å². The van der Waals surface area contributed by atoms with Gasteiger partial charge in [0.05, 0.1) is 0 Å². The zero-order chi connectivity index (χ0) is 26.2. The highest BCUT2D eigenvalue weighted by atomic mass is 16.6. The first-order valence-electron chi connectivity index (χ1n) is 12.9. The van der Waals surface area contributed by atoms with Gasteiger partial charge in [0.15, 0.2) is 0 Å². The number of nitrogens with two attached hydrogens (primary N) is 1. The van der Waals surface area contributed by atoms with Crippen LogP contribution in [0.15, 0.2) is 54.6 Å². The molecule has 0 aromatic heterocycles. The maximum Gasteiger partial charge on any atom is 0.338 e. The van der Waals surface area contributed by atoms with Crippen molar-refractivity contribution in [1.29, 1.82) is 0 Å². The van der Waals surface area contributed by atoms with Gasteiger partial charge in [0.2, 0.25) is 0 Å². The second-order valence-corrected chi connectivity index (χ2v) is 8.59. The van der Waals surface area contributed by atoms with Crippen LogP contribution in [0.5, 0.6) is 0 Å². The van der Waals surface area contributed by atoms with Gasteiger partial charge in [0.1, 0.15) is 6.61 Å². The van der Waals surface area contributed by atoms with Crippen LogP contribution in [0, 0.1) is 0 Å². The van der Waals surface area contributed by atoms with E-state index in [1.54, 1.807) is 6.92 Å². The molecule has 1 aliphatic rings. The predicted octanol–water partition coefficient (Wildman–Crippen LogP) is 6.58. The first-order valence-corrected chi connectivity index (χ1v) is 12.9. The third-order valence-electron chi connectivity index (χ3n) is 5.18. The maximum atomic E-state index is 11.0. The van der Waals surface area contributed by atoms with Gasteiger partial charge in [-0.25, -0.2) is 14.4 Å². The molecule has 0 radical (unpaired) electrons. The number of hydrogen-bond acceptors (Lipinski definition) is 6. The van der Waals surface area contributed by atoms with Crippen molar-refractivity contribution in [2.45, 2.75) is 97.5 Å². The lowest BCUT2D eigenvalue weighted by molar-refractivity contribution is -0.150. The molecule has 0 atom stereocenters. The van der Waals surface area contributed by atoms with Gasteiger partial charge in [-0.05, 0) is 25.5 Å². The van der Waals surface area contributed by atoms with E-state index in [2.05, 4.69) is 18.2 Å². The van der Waals surface area contributed by atoms with E-state index in [1.165, 1.54) is 77.0 Å². The van der Waals surface area contributed by atoms with Gasteiger partial charge < -0.3 is 15.2 Å². The highest BCUT2D eigenvalue weighted by Gasteiger charge is 2.10. The lowest BCUT2D eigenvalue weighted by Gasteiger charge is -2.03. The molecule has 0 bridgehead atoms. The summed E-state index contributed by atoms with van der Waals surface area (Å²) in [4.78, 5) is 30.8. The second-order valence-electron chi connectivity index (χ2n) is 8.59. The van der Waals surface area contributed by atoms with Crippen molar-refractivity contribution in [1.82, 2.24) is 0 Å². The first-order chi connectivity index (χ1) is 16.9. The Bertz CT molecular complexity index is 715. The maximum absolute atomic E-state index is 11.0. The minimum Gasteiger partial charge on any atom is -0.457 e. The van der Waals surface area contributed by atoms with Gasteiger partial charge in [0, 0.05) is 17.7 Å². The van der Waals surface area contributed by atoms with E-state index in [-0.39, 0.29) is 5.97 Å². The van der Waals surface area contributed by atoms with Crippen LogP contribution in [-0.2, 0) is 30.5 Å². The van der Waals surface area contributed by atoms with Crippen molar-refractivity contribution in [2.75, 3.05) is 6.54 Å². The number of rotatable bonds is 15. The Labute approximate surface area is 212 Å². The Balaban J connectivity index is 0.000000524. The average Bonchev–Trinajstić information content (AvgIpc) is 3.24. The highest BCUT2D eigenvalue weighted by molar-refractivity contribution is 6.04. The summed E-state index contributed by atoms with van der Waals surface area (Å²) in [5.41, 5.74) is 6.86. The molecule has 0 saturated heterocycles. The molecule has 1 heterocycles. The summed E-state index contributed by atoms with van der Waals surface area (Å²) < 4.78 is 8.92. The number of hydrogen-bond donors (Lipinski definition) is 1. The Kier molecular flexibility index (Phi) is 21.2. The largest absolute Gasteiger partial charge is 0.457 e. The Morgan fingerprint density at radius 3 is 1.66 bits per heavy atom. The van der Waals surface area contributed by atoms with Crippen molar-refractivity contribution in [3.63, 3.8) is 0 Å². The van der Waals surface area contributed by atoms with E-state index in [4.69, 9.17) is 10.5 Å². The van der Waals surface area contributed by atoms with Crippen molar-refractivity contribution in [2.24, 2.45) is 5.73 Å². The fourth-order valence-corrected chi connectivity index (χ4v) is 3.13. The van der Waals surface area contributed by atoms with Crippen LogP contribution in [0.25, 0.3) is 0 Å². The zero-order valence-corrected chi connectivity index (χ0v) is 21.8. The molecule has 6 heteroatoms. The molecule has 1 aliphatic heterocycles. The fraction of sp³-hybridized carbons (Fsp3) is 0.552. The number of unbranched alkanes of at least 4 members (excludes halogenated alkanes) is 11. The smallest absolute Gasteiger partial charge is 0.338 e. The predicted molar refractivity (Wildman–Crippen MR) is 141 cm³/mol. The normalized spacial score (nSPS) is 11.6. The van der Waals surface area contributed by atoms with E-state index < -0.39 is 11.9 Å². The van der Waals surface area contributed by atoms with E-state index >= 15 is 0 Å².